The second-order valence-corrected chi connectivity index (χ2v) is 6.82. The van der Waals surface area contributed by atoms with Gasteiger partial charge in [0.25, 0.3) is 0 Å². The zero-order chi connectivity index (χ0) is 21.8. The average Bonchev–Trinajstić information content (AvgIpc) is 2.79. The standard InChI is InChI=1S/C24H20N2O5/c1-29-20-12-7-15(13-21(20)30-2)14-22(27)25-17-10-8-16(9-11-17)23-26-19-6-4-3-5-18(19)24(28)31-23/h3-13H,14H2,1-2H3,(H,25,27). The van der Waals surface area contributed by atoms with Gasteiger partial charge in [-0.25, -0.2) is 9.78 Å². The average molecular weight is 416 g/mol. The van der Waals surface area contributed by atoms with Gasteiger partial charge in [0.2, 0.25) is 11.8 Å². The van der Waals surface area contributed by atoms with E-state index < -0.39 is 5.63 Å². The molecule has 0 aliphatic heterocycles. The third-order valence-electron chi connectivity index (χ3n) is 4.76. The van der Waals surface area contributed by atoms with Crippen LogP contribution >= 0.6 is 0 Å². The summed E-state index contributed by atoms with van der Waals surface area (Å²) < 4.78 is 15.8. The number of nitrogens with one attached hydrogen (secondary N) is 1. The molecule has 3 aromatic carbocycles. The van der Waals surface area contributed by atoms with Gasteiger partial charge >= 0.3 is 5.63 Å². The van der Waals surface area contributed by atoms with Crippen molar-refractivity contribution in [2.24, 2.45) is 0 Å². The van der Waals surface area contributed by atoms with Crippen molar-refractivity contribution in [1.29, 1.82) is 0 Å². The largest absolute Gasteiger partial charge is 0.493 e. The van der Waals surface area contributed by atoms with Crippen LogP contribution in [0, 0.1) is 0 Å². The summed E-state index contributed by atoms with van der Waals surface area (Å²) in [5, 5.41) is 3.29. The van der Waals surface area contributed by atoms with Crippen LogP contribution in [0.4, 0.5) is 5.69 Å². The number of ether oxygens (including phenoxy) is 2. The highest BCUT2D eigenvalue weighted by Gasteiger charge is 2.11. The minimum Gasteiger partial charge on any atom is -0.493 e. The molecule has 1 N–H and O–H groups in total. The van der Waals surface area contributed by atoms with Crippen LogP contribution < -0.4 is 20.4 Å². The maximum Gasteiger partial charge on any atom is 0.347 e. The number of amides is 1. The molecule has 0 fully saturated rings. The van der Waals surface area contributed by atoms with Crippen molar-refractivity contribution >= 4 is 22.5 Å². The van der Waals surface area contributed by atoms with Gasteiger partial charge in [0.1, 0.15) is 0 Å². The van der Waals surface area contributed by atoms with Crippen molar-refractivity contribution < 1.29 is 18.7 Å². The number of nitrogens with zero attached hydrogens (tertiary/aromatic N) is 1. The topological polar surface area (TPSA) is 90.7 Å². The molecule has 0 aliphatic carbocycles. The smallest absolute Gasteiger partial charge is 0.347 e. The van der Waals surface area contributed by atoms with Gasteiger partial charge < -0.3 is 19.2 Å². The molecule has 7 heteroatoms. The van der Waals surface area contributed by atoms with Crippen LogP contribution in [0.5, 0.6) is 11.5 Å². The van der Waals surface area contributed by atoms with E-state index in [9.17, 15) is 9.59 Å². The number of aromatic nitrogens is 1. The number of methoxy groups -OCH3 is 2. The van der Waals surface area contributed by atoms with E-state index in [2.05, 4.69) is 10.3 Å². The first-order valence-corrected chi connectivity index (χ1v) is 9.58. The molecule has 31 heavy (non-hydrogen) atoms. The Labute approximate surface area is 178 Å². The lowest BCUT2D eigenvalue weighted by Crippen LogP contribution is -2.14. The minimum absolute atomic E-state index is 0.171. The Balaban J connectivity index is 1.47. The van der Waals surface area contributed by atoms with Gasteiger partial charge in [0, 0.05) is 11.3 Å². The lowest BCUT2D eigenvalue weighted by molar-refractivity contribution is -0.115. The molecule has 0 atom stereocenters. The maximum atomic E-state index is 12.4. The number of anilines is 1. The Morgan fingerprint density at radius 2 is 1.71 bits per heavy atom. The normalized spacial score (nSPS) is 10.6. The molecule has 7 nitrogen and oxygen atoms in total. The summed E-state index contributed by atoms with van der Waals surface area (Å²) >= 11 is 0. The first-order valence-electron chi connectivity index (χ1n) is 9.58. The van der Waals surface area contributed by atoms with Crippen LogP contribution in [0.3, 0.4) is 0 Å². The third kappa shape index (κ3) is 4.40. The fraction of sp³-hybridized carbons (Fsp3) is 0.125. The monoisotopic (exact) mass is 416 g/mol. The number of benzene rings is 3. The molecular formula is C24H20N2O5. The van der Waals surface area contributed by atoms with Crippen molar-refractivity contribution in [3.8, 4) is 23.0 Å². The highest BCUT2D eigenvalue weighted by molar-refractivity contribution is 5.92. The van der Waals surface area contributed by atoms with Crippen molar-refractivity contribution in [3.05, 3.63) is 82.7 Å². The molecule has 156 valence electrons. The van der Waals surface area contributed by atoms with Crippen molar-refractivity contribution in [2.75, 3.05) is 19.5 Å². The van der Waals surface area contributed by atoms with E-state index in [0.717, 1.165) is 5.56 Å². The molecule has 1 amide bonds. The molecular weight excluding hydrogens is 396 g/mol. The van der Waals surface area contributed by atoms with Crippen LogP contribution in [-0.2, 0) is 11.2 Å². The van der Waals surface area contributed by atoms with Crippen molar-refractivity contribution in [3.63, 3.8) is 0 Å². The molecule has 0 spiro atoms. The van der Waals surface area contributed by atoms with Crippen LogP contribution in [0.15, 0.2) is 75.9 Å². The molecule has 0 radical (unpaired) electrons. The molecule has 4 rings (SSSR count). The Bertz CT molecular complexity index is 1300. The summed E-state index contributed by atoms with van der Waals surface area (Å²) in [7, 11) is 3.11. The minimum atomic E-state index is -0.437. The molecule has 0 saturated heterocycles. The van der Waals surface area contributed by atoms with E-state index in [-0.39, 0.29) is 18.2 Å². The quantitative estimate of drug-likeness (QED) is 0.510. The van der Waals surface area contributed by atoms with Crippen molar-refractivity contribution in [1.82, 2.24) is 4.98 Å². The van der Waals surface area contributed by atoms with E-state index >= 15 is 0 Å². The molecule has 0 unspecified atom stereocenters. The zero-order valence-electron chi connectivity index (χ0n) is 17.0. The molecule has 1 aromatic heterocycles. The second-order valence-electron chi connectivity index (χ2n) is 6.82. The van der Waals surface area contributed by atoms with Gasteiger partial charge in [-0.3, -0.25) is 4.79 Å². The van der Waals surface area contributed by atoms with Gasteiger partial charge in [-0.2, -0.15) is 0 Å². The van der Waals surface area contributed by atoms with Gasteiger partial charge in [-0.1, -0.05) is 18.2 Å². The first kappa shape index (κ1) is 20.2. The number of carbonyl (C=O) groups excluding carboxylic acids is 1. The predicted molar refractivity (Wildman–Crippen MR) is 118 cm³/mol. The Morgan fingerprint density at radius 1 is 0.968 bits per heavy atom. The summed E-state index contributed by atoms with van der Waals surface area (Å²) in [5.74, 6) is 1.24. The van der Waals surface area contributed by atoms with E-state index in [1.165, 1.54) is 0 Å². The van der Waals surface area contributed by atoms with E-state index in [1.54, 1.807) is 68.8 Å². The first-order chi connectivity index (χ1) is 15.1. The summed E-state index contributed by atoms with van der Waals surface area (Å²) in [6.07, 6.45) is 0.184. The zero-order valence-corrected chi connectivity index (χ0v) is 17.0. The summed E-state index contributed by atoms with van der Waals surface area (Å²) in [5.41, 5.74) is 2.20. The molecule has 0 aliphatic rings. The fourth-order valence-electron chi connectivity index (χ4n) is 3.22. The van der Waals surface area contributed by atoms with E-state index in [0.29, 0.717) is 33.7 Å². The molecule has 0 bridgehead atoms. The third-order valence-corrected chi connectivity index (χ3v) is 4.76. The Morgan fingerprint density at radius 3 is 2.45 bits per heavy atom. The van der Waals surface area contributed by atoms with Gasteiger partial charge in [0.05, 0.1) is 31.5 Å². The van der Waals surface area contributed by atoms with Crippen LogP contribution in [0.25, 0.3) is 22.4 Å². The molecule has 4 aromatic rings. The maximum absolute atomic E-state index is 12.4. The SMILES string of the molecule is COc1ccc(CC(=O)Nc2ccc(-c3nc4ccccc4c(=O)o3)cc2)cc1OC. The van der Waals surface area contributed by atoms with E-state index in [1.807, 2.05) is 12.1 Å². The lowest BCUT2D eigenvalue weighted by atomic mass is 10.1. The predicted octanol–water partition coefficient (Wildman–Crippen LogP) is 4.05. The Kier molecular flexibility index (Phi) is 5.66. The number of carbonyl (C=O) groups is 1. The summed E-state index contributed by atoms with van der Waals surface area (Å²) in [4.78, 5) is 29.0. The number of fused-ring (bicyclic) bond motifs is 1. The van der Waals surface area contributed by atoms with Crippen molar-refractivity contribution in [2.45, 2.75) is 6.42 Å². The summed E-state index contributed by atoms with van der Waals surface area (Å²) in [6, 6.07) is 19.3. The number of hydrogen-bond donors (Lipinski definition) is 1. The van der Waals surface area contributed by atoms with Crippen LogP contribution in [-0.4, -0.2) is 25.1 Å². The fourth-order valence-corrected chi connectivity index (χ4v) is 3.22. The summed E-state index contributed by atoms with van der Waals surface area (Å²) in [6.45, 7) is 0. The lowest BCUT2D eigenvalue weighted by Gasteiger charge is -2.10. The van der Waals surface area contributed by atoms with Crippen LogP contribution in [0.2, 0.25) is 0 Å². The van der Waals surface area contributed by atoms with Crippen LogP contribution in [0.1, 0.15) is 5.56 Å². The number of para-hydroxylation sites is 1. The molecule has 0 saturated carbocycles. The second kappa shape index (κ2) is 8.71. The van der Waals surface area contributed by atoms with Gasteiger partial charge in [0.15, 0.2) is 11.5 Å². The molecule has 1 heterocycles. The Hall–Kier alpha value is -4.13. The number of rotatable bonds is 6. The highest BCUT2D eigenvalue weighted by atomic mass is 16.5. The van der Waals surface area contributed by atoms with E-state index in [4.69, 9.17) is 13.9 Å². The number of hydrogen-bond acceptors (Lipinski definition) is 6. The van der Waals surface area contributed by atoms with Gasteiger partial charge in [-0.05, 0) is 54.1 Å². The highest BCUT2D eigenvalue weighted by Crippen LogP contribution is 2.28. The van der Waals surface area contributed by atoms with Gasteiger partial charge in [-0.15, -0.1) is 0 Å².